The summed E-state index contributed by atoms with van der Waals surface area (Å²) < 4.78 is 0. The van der Waals surface area contributed by atoms with Gasteiger partial charge in [-0.1, -0.05) is 0 Å². The van der Waals surface area contributed by atoms with Crippen LogP contribution in [0.5, 0.6) is 0 Å². The van der Waals surface area contributed by atoms with E-state index in [1.54, 1.807) is 6.92 Å². The van der Waals surface area contributed by atoms with Crippen molar-refractivity contribution in [2.45, 2.75) is 32.2 Å². The Hall–Kier alpha value is -1.61. The molecule has 0 aromatic heterocycles. The number of likely N-dealkylation sites (tertiary alicyclic amines) is 1. The monoisotopic (exact) mass is 252 g/mol. The summed E-state index contributed by atoms with van der Waals surface area (Å²) in [6.45, 7) is 3.43. The molecule has 1 saturated heterocycles. The lowest BCUT2D eigenvalue weighted by Crippen LogP contribution is -2.49. The van der Waals surface area contributed by atoms with E-state index in [1.807, 2.05) is 11.0 Å². The highest BCUT2D eigenvalue weighted by Gasteiger charge is 2.21. The quantitative estimate of drug-likeness (QED) is 0.653. The molecule has 100 valence electrons. The lowest BCUT2D eigenvalue weighted by atomic mass is 10.1. The van der Waals surface area contributed by atoms with Crippen molar-refractivity contribution in [3.63, 3.8) is 0 Å². The lowest BCUT2D eigenvalue weighted by molar-refractivity contribution is -0.134. The van der Waals surface area contributed by atoms with Gasteiger partial charge >= 0.3 is 0 Å². The highest BCUT2D eigenvalue weighted by molar-refractivity contribution is 5.83. The van der Waals surface area contributed by atoms with E-state index >= 15 is 0 Å². The Balaban J connectivity index is 2.26. The first kappa shape index (κ1) is 14.5. The molecule has 1 unspecified atom stereocenters. The maximum absolute atomic E-state index is 12.0. The summed E-state index contributed by atoms with van der Waals surface area (Å²) in [4.78, 5) is 25.1. The van der Waals surface area contributed by atoms with E-state index in [2.05, 4.69) is 10.6 Å². The van der Waals surface area contributed by atoms with E-state index in [0.29, 0.717) is 0 Å². The molecule has 2 amide bonds. The molecule has 1 rings (SSSR count). The van der Waals surface area contributed by atoms with Gasteiger partial charge in [0.2, 0.25) is 11.8 Å². The van der Waals surface area contributed by atoms with Crippen molar-refractivity contribution >= 4 is 11.8 Å². The zero-order valence-corrected chi connectivity index (χ0v) is 10.7. The predicted molar refractivity (Wildman–Crippen MR) is 66.5 cm³/mol. The first-order chi connectivity index (χ1) is 8.65. The van der Waals surface area contributed by atoms with Crippen molar-refractivity contribution < 1.29 is 9.59 Å². The zero-order chi connectivity index (χ0) is 13.4. The molecule has 1 fully saturated rings. The van der Waals surface area contributed by atoms with Gasteiger partial charge in [-0.05, 0) is 26.2 Å². The molecule has 1 atom stereocenters. The SMILES string of the molecule is CC(NCC(=O)NCC#N)C(=O)N1CCCCC1. The van der Waals surface area contributed by atoms with Crippen molar-refractivity contribution in [2.24, 2.45) is 0 Å². The van der Waals surface area contributed by atoms with Crippen molar-refractivity contribution in [1.82, 2.24) is 15.5 Å². The van der Waals surface area contributed by atoms with Crippen LogP contribution in [-0.2, 0) is 9.59 Å². The van der Waals surface area contributed by atoms with E-state index in [4.69, 9.17) is 5.26 Å². The summed E-state index contributed by atoms with van der Waals surface area (Å²) in [5, 5.41) is 13.6. The second-order valence-corrected chi connectivity index (χ2v) is 4.42. The normalized spacial score (nSPS) is 16.8. The Bertz CT molecular complexity index is 331. The van der Waals surface area contributed by atoms with Gasteiger partial charge in [0.1, 0.15) is 6.54 Å². The number of nitriles is 1. The third-order valence-electron chi connectivity index (χ3n) is 2.97. The van der Waals surface area contributed by atoms with Gasteiger partial charge in [0.05, 0.1) is 18.7 Å². The maximum Gasteiger partial charge on any atom is 0.239 e. The number of hydrogen-bond acceptors (Lipinski definition) is 4. The number of nitrogens with one attached hydrogen (secondary N) is 2. The predicted octanol–water partition coefficient (Wildman–Crippen LogP) is -0.383. The minimum atomic E-state index is -0.365. The fourth-order valence-electron chi connectivity index (χ4n) is 1.92. The molecule has 0 aliphatic carbocycles. The molecule has 0 aromatic rings. The standard InChI is InChI=1S/C12H20N4O2/c1-10(15-9-11(17)14-6-5-13)12(18)16-7-3-2-4-8-16/h10,15H,2-4,6-9H2,1H3,(H,14,17). The number of piperidine rings is 1. The maximum atomic E-state index is 12.0. The fraction of sp³-hybridized carbons (Fsp3) is 0.750. The van der Waals surface area contributed by atoms with E-state index < -0.39 is 0 Å². The van der Waals surface area contributed by atoms with Crippen LogP contribution in [0.15, 0.2) is 0 Å². The summed E-state index contributed by atoms with van der Waals surface area (Å²) in [6.07, 6.45) is 3.30. The highest BCUT2D eigenvalue weighted by atomic mass is 16.2. The molecule has 0 bridgehead atoms. The minimum Gasteiger partial charge on any atom is -0.342 e. The van der Waals surface area contributed by atoms with Gasteiger partial charge in [-0.15, -0.1) is 0 Å². The van der Waals surface area contributed by atoms with Crippen LogP contribution in [0.4, 0.5) is 0 Å². The summed E-state index contributed by atoms with van der Waals surface area (Å²) >= 11 is 0. The van der Waals surface area contributed by atoms with Gasteiger partial charge in [-0.2, -0.15) is 5.26 Å². The number of nitrogens with zero attached hydrogens (tertiary/aromatic N) is 2. The topological polar surface area (TPSA) is 85.2 Å². The van der Waals surface area contributed by atoms with Gasteiger partial charge in [0.25, 0.3) is 0 Å². The second kappa shape index (κ2) is 7.67. The molecule has 0 spiro atoms. The van der Waals surface area contributed by atoms with E-state index in [-0.39, 0.29) is 30.9 Å². The number of carbonyl (C=O) groups is 2. The average Bonchev–Trinajstić information content (AvgIpc) is 2.42. The molecule has 18 heavy (non-hydrogen) atoms. The van der Waals surface area contributed by atoms with Crippen molar-refractivity contribution in [3.05, 3.63) is 0 Å². The Labute approximate surface area is 107 Å². The molecule has 1 heterocycles. The van der Waals surface area contributed by atoms with E-state index in [9.17, 15) is 9.59 Å². The van der Waals surface area contributed by atoms with Gasteiger partial charge < -0.3 is 10.2 Å². The van der Waals surface area contributed by atoms with Crippen LogP contribution < -0.4 is 10.6 Å². The van der Waals surface area contributed by atoms with Crippen LogP contribution in [0, 0.1) is 11.3 Å². The molecule has 0 saturated carbocycles. The third kappa shape index (κ3) is 4.72. The van der Waals surface area contributed by atoms with Gasteiger partial charge in [0, 0.05) is 13.1 Å². The summed E-state index contributed by atoms with van der Waals surface area (Å²) in [5.41, 5.74) is 0. The Morgan fingerprint density at radius 3 is 2.61 bits per heavy atom. The van der Waals surface area contributed by atoms with Gasteiger partial charge in [0.15, 0.2) is 0 Å². The van der Waals surface area contributed by atoms with Crippen molar-refractivity contribution in [1.29, 1.82) is 5.26 Å². The molecular weight excluding hydrogens is 232 g/mol. The molecule has 6 nitrogen and oxygen atoms in total. The Kier molecular flexibility index (Phi) is 6.15. The van der Waals surface area contributed by atoms with Crippen molar-refractivity contribution in [3.8, 4) is 6.07 Å². The fourth-order valence-corrected chi connectivity index (χ4v) is 1.92. The van der Waals surface area contributed by atoms with Gasteiger partial charge in [-0.3, -0.25) is 14.9 Å². The van der Waals surface area contributed by atoms with Crippen LogP contribution in [0.2, 0.25) is 0 Å². The van der Waals surface area contributed by atoms with E-state index in [1.165, 1.54) is 6.42 Å². The minimum absolute atomic E-state index is 0.00499. The van der Waals surface area contributed by atoms with E-state index in [0.717, 1.165) is 25.9 Å². The molecular formula is C12H20N4O2. The number of carbonyl (C=O) groups excluding carboxylic acids is 2. The highest BCUT2D eigenvalue weighted by Crippen LogP contribution is 2.09. The van der Waals surface area contributed by atoms with Gasteiger partial charge in [-0.25, -0.2) is 0 Å². The molecule has 2 N–H and O–H groups in total. The van der Waals surface area contributed by atoms with Crippen LogP contribution >= 0.6 is 0 Å². The molecule has 1 aliphatic heterocycles. The first-order valence-electron chi connectivity index (χ1n) is 6.31. The summed E-state index contributed by atoms with van der Waals surface area (Å²) in [6, 6.07) is 1.46. The smallest absolute Gasteiger partial charge is 0.239 e. The average molecular weight is 252 g/mol. The third-order valence-corrected chi connectivity index (χ3v) is 2.97. The zero-order valence-electron chi connectivity index (χ0n) is 10.7. The Morgan fingerprint density at radius 2 is 2.00 bits per heavy atom. The Morgan fingerprint density at radius 1 is 1.33 bits per heavy atom. The second-order valence-electron chi connectivity index (χ2n) is 4.42. The first-order valence-corrected chi connectivity index (χ1v) is 6.31. The number of hydrogen-bond donors (Lipinski definition) is 2. The van der Waals surface area contributed by atoms with Crippen LogP contribution in [0.3, 0.4) is 0 Å². The summed E-state index contributed by atoms with van der Waals surface area (Å²) in [7, 11) is 0. The number of amides is 2. The lowest BCUT2D eigenvalue weighted by Gasteiger charge is -2.29. The molecule has 0 aromatic carbocycles. The molecule has 1 aliphatic rings. The van der Waals surface area contributed by atoms with Crippen LogP contribution in [0.25, 0.3) is 0 Å². The number of rotatable bonds is 5. The largest absolute Gasteiger partial charge is 0.342 e. The van der Waals surface area contributed by atoms with Crippen molar-refractivity contribution in [2.75, 3.05) is 26.2 Å². The summed E-state index contributed by atoms with van der Waals surface area (Å²) in [5.74, 6) is -0.224. The van der Waals surface area contributed by atoms with Crippen LogP contribution in [-0.4, -0.2) is 48.9 Å². The van der Waals surface area contributed by atoms with Crippen LogP contribution in [0.1, 0.15) is 26.2 Å². The molecule has 6 heteroatoms. The molecule has 0 radical (unpaired) electrons.